The summed E-state index contributed by atoms with van der Waals surface area (Å²) in [5.74, 6) is 0.0233. The van der Waals surface area contributed by atoms with Gasteiger partial charge in [0, 0.05) is 49.7 Å². The first-order chi connectivity index (χ1) is 13.6. The summed E-state index contributed by atoms with van der Waals surface area (Å²) < 4.78 is 1.91. The number of nitrogens with two attached hydrogens (primary N) is 1. The molecule has 0 bridgehead atoms. The molecule has 0 saturated heterocycles. The second kappa shape index (κ2) is 9.55. The van der Waals surface area contributed by atoms with E-state index in [0.29, 0.717) is 12.1 Å². The lowest BCUT2D eigenvalue weighted by molar-refractivity contribution is -0.113. The van der Waals surface area contributed by atoms with Crippen molar-refractivity contribution in [3.63, 3.8) is 0 Å². The minimum absolute atomic E-state index is 0.0233. The zero-order chi connectivity index (χ0) is 19.8. The minimum Gasteiger partial charge on any atom is -0.398 e. The smallest absolute Gasteiger partial charge is 0.160 e. The number of aryl methyl sites for hydroxylation is 1. The first-order valence-corrected chi connectivity index (χ1v) is 9.45. The van der Waals surface area contributed by atoms with Crippen LogP contribution in [0, 0.1) is 0 Å². The zero-order valence-corrected chi connectivity index (χ0v) is 16.2. The number of rotatable bonds is 9. The van der Waals surface area contributed by atoms with Gasteiger partial charge < -0.3 is 10.6 Å². The zero-order valence-electron chi connectivity index (χ0n) is 16.2. The predicted molar refractivity (Wildman–Crippen MR) is 115 cm³/mol. The number of nitrogens with zero attached hydrogens (tertiary/aromatic N) is 3. The summed E-state index contributed by atoms with van der Waals surface area (Å²) in [6, 6.07) is 17.8. The van der Waals surface area contributed by atoms with Gasteiger partial charge in [0.15, 0.2) is 5.78 Å². The summed E-state index contributed by atoms with van der Waals surface area (Å²) in [5, 5.41) is 4.38. The van der Waals surface area contributed by atoms with Crippen molar-refractivity contribution in [1.82, 2.24) is 9.78 Å². The molecule has 0 atom stereocenters. The van der Waals surface area contributed by atoms with Gasteiger partial charge in [-0.15, -0.1) is 0 Å². The fraction of sp³-hybridized carbons (Fsp3) is 0.217. The van der Waals surface area contributed by atoms with Gasteiger partial charge in [0.1, 0.15) is 0 Å². The number of carbonyl (C=O) groups excluding carboxylic acids is 1. The van der Waals surface area contributed by atoms with E-state index in [2.05, 4.69) is 29.2 Å². The van der Waals surface area contributed by atoms with E-state index in [-0.39, 0.29) is 5.78 Å². The highest BCUT2D eigenvalue weighted by atomic mass is 16.1. The molecule has 0 aliphatic rings. The Balaban J connectivity index is 1.46. The highest BCUT2D eigenvalue weighted by Gasteiger charge is 2.04. The van der Waals surface area contributed by atoms with Crippen molar-refractivity contribution in [3.05, 3.63) is 84.2 Å². The minimum atomic E-state index is 0.0233. The summed E-state index contributed by atoms with van der Waals surface area (Å²) >= 11 is 0. The lowest BCUT2D eigenvalue weighted by atomic mass is 10.1. The molecular weight excluding hydrogens is 348 g/mol. The Morgan fingerprint density at radius 1 is 1.14 bits per heavy atom. The van der Waals surface area contributed by atoms with Crippen molar-refractivity contribution in [2.75, 3.05) is 24.2 Å². The van der Waals surface area contributed by atoms with Gasteiger partial charge in [-0.05, 0) is 42.3 Å². The molecule has 0 saturated carbocycles. The Labute approximate surface area is 166 Å². The number of benzene rings is 2. The summed E-state index contributed by atoms with van der Waals surface area (Å²) in [5.41, 5.74) is 9.53. The maximum absolute atomic E-state index is 12.2. The topological polar surface area (TPSA) is 64.2 Å². The fourth-order valence-electron chi connectivity index (χ4n) is 3.00. The van der Waals surface area contributed by atoms with E-state index in [4.69, 9.17) is 5.73 Å². The first-order valence-electron chi connectivity index (χ1n) is 9.45. The molecule has 5 nitrogen and oxygen atoms in total. The van der Waals surface area contributed by atoms with Crippen LogP contribution in [0.1, 0.15) is 17.5 Å². The summed E-state index contributed by atoms with van der Waals surface area (Å²) in [6.07, 6.45) is 8.44. The van der Waals surface area contributed by atoms with Crippen LogP contribution in [0.3, 0.4) is 0 Å². The monoisotopic (exact) mass is 374 g/mol. The molecule has 3 rings (SSSR count). The van der Waals surface area contributed by atoms with Gasteiger partial charge in [0.05, 0.1) is 6.20 Å². The average Bonchev–Trinajstić information content (AvgIpc) is 3.16. The first kappa shape index (κ1) is 19.4. The van der Waals surface area contributed by atoms with Gasteiger partial charge in [-0.1, -0.05) is 36.4 Å². The second-order valence-corrected chi connectivity index (χ2v) is 6.82. The third kappa shape index (κ3) is 5.58. The van der Waals surface area contributed by atoms with Crippen molar-refractivity contribution < 1.29 is 4.79 Å². The molecule has 0 aliphatic carbocycles. The molecule has 3 aromatic rings. The second-order valence-electron chi connectivity index (χ2n) is 6.82. The van der Waals surface area contributed by atoms with Crippen LogP contribution >= 0.6 is 0 Å². The molecular formula is C23H26N4O. The predicted octanol–water partition coefficient (Wildman–Crippen LogP) is 3.82. The third-order valence-corrected chi connectivity index (χ3v) is 4.61. The van der Waals surface area contributed by atoms with Crippen LogP contribution in [0.5, 0.6) is 0 Å². The van der Waals surface area contributed by atoms with E-state index in [1.54, 1.807) is 18.3 Å². The van der Waals surface area contributed by atoms with Crippen LogP contribution in [-0.4, -0.2) is 29.2 Å². The molecule has 0 aliphatic heterocycles. The Bertz CT molecular complexity index is 931. The van der Waals surface area contributed by atoms with Crippen LogP contribution in [-0.2, 0) is 17.8 Å². The van der Waals surface area contributed by atoms with Crippen LogP contribution in [0.25, 0.3) is 6.08 Å². The number of hydrogen-bond acceptors (Lipinski definition) is 4. The SMILES string of the molecule is CN(CCCn1cc(/C=C/C(=O)Cc2ccccc2N)cn1)c1ccccc1. The average molecular weight is 374 g/mol. The van der Waals surface area contributed by atoms with Crippen LogP contribution in [0.2, 0.25) is 0 Å². The Morgan fingerprint density at radius 3 is 2.68 bits per heavy atom. The number of aromatic nitrogens is 2. The summed E-state index contributed by atoms with van der Waals surface area (Å²) in [6.45, 7) is 1.78. The van der Waals surface area contributed by atoms with Crippen LogP contribution in [0.15, 0.2) is 73.1 Å². The number of para-hydroxylation sites is 2. The van der Waals surface area contributed by atoms with E-state index in [0.717, 1.165) is 30.6 Å². The molecule has 0 fully saturated rings. The lowest BCUT2D eigenvalue weighted by Gasteiger charge is -2.18. The van der Waals surface area contributed by atoms with E-state index in [1.807, 2.05) is 53.3 Å². The number of hydrogen-bond donors (Lipinski definition) is 1. The molecule has 2 N–H and O–H groups in total. The number of allylic oxidation sites excluding steroid dienone is 1. The normalized spacial score (nSPS) is 11.0. The molecule has 144 valence electrons. The highest BCUT2D eigenvalue weighted by Crippen LogP contribution is 2.13. The standard InChI is InChI=1S/C23H26N4O/c1-26(21-9-3-2-4-10-21)14-7-15-27-18-19(17-25-27)12-13-22(28)16-20-8-5-6-11-23(20)24/h2-6,8-13,17-18H,7,14-16,24H2,1H3/b13-12+. The fourth-order valence-corrected chi connectivity index (χ4v) is 3.00. The van der Waals surface area contributed by atoms with Gasteiger partial charge >= 0.3 is 0 Å². The van der Waals surface area contributed by atoms with Crippen molar-refractivity contribution in [2.24, 2.45) is 0 Å². The highest BCUT2D eigenvalue weighted by molar-refractivity contribution is 5.95. The van der Waals surface area contributed by atoms with E-state index in [9.17, 15) is 4.79 Å². The molecule has 0 unspecified atom stereocenters. The number of anilines is 2. The van der Waals surface area contributed by atoms with E-state index < -0.39 is 0 Å². The van der Waals surface area contributed by atoms with E-state index in [1.165, 1.54) is 5.69 Å². The number of carbonyl (C=O) groups is 1. The molecule has 1 heterocycles. The largest absolute Gasteiger partial charge is 0.398 e. The van der Waals surface area contributed by atoms with Gasteiger partial charge in [0.2, 0.25) is 0 Å². The van der Waals surface area contributed by atoms with Crippen molar-refractivity contribution >= 4 is 23.2 Å². The summed E-state index contributed by atoms with van der Waals surface area (Å²) in [4.78, 5) is 14.4. The van der Waals surface area contributed by atoms with E-state index >= 15 is 0 Å². The quantitative estimate of drug-likeness (QED) is 0.457. The maximum atomic E-state index is 12.2. The molecule has 5 heteroatoms. The van der Waals surface area contributed by atoms with Gasteiger partial charge in [-0.2, -0.15) is 5.10 Å². The molecule has 0 radical (unpaired) electrons. The number of nitrogen functional groups attached to an aromatic ring is 1. The van der Waals surface area contributed by atoms with Crippen molar-refractivity contribution in [3.8, 4) is 0 Å². The van der Waals surface area contributed by atoms with Crippen molar-refractivity contribution in [1.29, 1.82) is 0 Å². The van der Waals surface area contributed by atoms with Crippen molar-refractivity contribution in [2.45, 2.75) is 19.4 Å². The Kier molecular flexibility index (Phi) is 6.63. The van der Waals surface area contributed by atoms with Crippen LogP contribution in [0.4, 0.5) is 11.4 Å². The maximum Gasteiger partial charge on any atom is 0.160 e. The van der Waals surface area contributed by atoms with Crippen LogP contribution < -0.4 is 10.6 Å². The molecule has 1 aromatic heterocycles. The molecule has 0 spiro atoms. The lowest BCUT2D eigenvalue weighted by Crippen LogP contribution is -2.19. The molecule has 0 amide bonds. The molecule has 2 aromatic carbocycles. The Hall–Kier alpha value is -3.34. The molecule has 28 heavy (non-hydrogen) atoms. The summed E-state index contributed by atoms with van der Waals surface area (Å²) in [7, 11) is 2.09. The third-order valence-electron chi connectivity index (χ3n) is 4.61. The number of ketones is 1. The van der Waals surface area contributed by atoms with Gasteiger partial charge in [0.25, 0.3) is 0 Å². The van der Waals surface area contributed by atoms with Gasteiger partial charge in [-0.25, -0.2) is 0 Å². The Morgan fingerprint density at radius 2 is 1.89 bits per heavy atom. The van der Waals surface area contributed by atoms with Gasteiger partial charge in [-0.3, -0.25) is 9.48 Å².